The second kappa shape index (κ2) is 4.61. The Morgan fingerprint density at radius 1 is 1.43 bits per heavy atom. The van der Waals surface area contributed by atoms with Crippen molar-refractivity contribution in [2.45, 2.75) is 11.2 Å². The van der Waals surface area contributed by atoms with Crippen molar-refractivity contribution < 1.29 is 22.6 Å². The second-order valence-corrected chi connectivity index (χ2v) is 7.59. The summed E-state index contributed by atoms with van der Waals surface area (Å²) < 4.78 is 39.6. The van der Waals surface area contributed by atoms with Crippen LogP contribution in [0.2, 0.25) is 0 Å². The molecule has 1 aromatic rings. The van der Waals surface area contributed by atoms with Crippen LogP contribution in [-0.4, -0.2) is 40.4 Å². The van der Waals surface area contributed by atoms with Gasteiger partial charge in [0.2, 0.25) is 6.79 Å². The number of nitriles is 1. The highest BCUT2D eigenvalue weighted by atomic mass is 32.2. The Balaban J connectivity index is 2.03. The van der Waals surface area contributed by atoms with Crippen molar-refractivity contribution in [3.05, 3.63) is 23.8 Å². The number of methoxy groups -OCH3 is 1. The summed E-state index contributed by atoms with van der Waals surface area (Å²) in [4.78, 5) is 0. The minimum atomic E-state index is -3.36. The maximum absolute atomic E-state index is 12.0. The van der Waals surface area contributed by atoms with E-state index in [-0.39, 0.29) is 13.4 Å². The molecule has 0 amide bonds. The molecular formula is C14H15NO5S. The lowest BCUT2D eigenvalue weighted by Crippen LogP contribution is -2.17. The lowest BCUT2D eigenvalue weighted by atomic mass is 10.0. The summed E-state index contributed by atoms with van der Waals surface area (Å²) in [5, 5.41) is 8.74. The second-order valence-electron chi connectivity index (χ2n) is 5.43. The molecule has 0 unspecified atom stereocenters. The monoisotopic (exact) mass is 309 g/mol. The summed E-state index contributed by atoms with van der Waals surface area (Å²) in [5.74, 6) is 0.799. The molecule has 1 fully saturated rings. The molecule has 0 bridgehead atoms. The number of hydrogen-bond donors (Lipinski definition) is 0. The molecular weight excluding hydrogens is 294 g/mol. The Hall–Kier alpha value is -1.78. The molecule has 0 spiro atoms. The first-order valence-electron chi connectivity index (χ1n) is 6.42. The summed E-state index contributed by atoms with van der Waals surface area (Å²) in [7, 11) is -1.89. The molecule has 1 aliphatic carbocycles. The van der Waals surface area contributed by atoms with Crippen LogP contribution >= 0.6 is 0 Å². The van der Waals surface area contributed by atoms with Crippen molar-refractivity contribution in [3.8, 4) is 17.6 Å². The summed E-state index contributed by atoms with van der Waals surface area (Å²) in [5.41, 5.74) is -0.274. The summed E-state index contributed by atoms with van der Waals surface area (Å²) >= 11 is 0. The van der Waals surface area contributed by atoms with Crippen molar-refractivity contribution in [1.82, 2.24) is 0 Å². The van der Waals surface area contributed by atoms with E-state index >= 15 is 0 Å². The van der Waals surface area contributed by atoms with E-state index in [0.717, 1.165) is 11.8 Å². The maximum Gasteiger partial charge on any atom is 0.231 e. The van der Waals surface area contributed by atoms with Gasteiger partial charge >= 0.3 is 0 Å². The van der Waals surface area contributed by atoms with Gasteiger partial charge in [-0.3, -0.25) is 0 Å². The number of ether oxygens (including phenoxy) is 3. The molecule has 1 aromatic carbocycles. The van der Waals surface area contributed by atoms with E-state index < -0.39 is 26.4 Å². The van der Waals surface area contributed by atoms with E-state index in [1.807, 2.05) is 0 Å². The van der Waals surface area contributed by atoms with E-state index in [9.17, 15) is 13.7 Å². The Morgan fingerprint density at radius 2 is 2.14 bits per heavy atom. The highest BCUT2D eigenvalue weighted by Crippen LogP contribution is 2.63. The topological polar surface area (TPSA) is 85.6 Å². The van der Waals surface area contributed by atoms with Gasteiger partial charge in [0, 0.05) is 19.3 Å². The molecule has 0 saturated heterocycles. The Morgan fingerprint density at radius 3 is 2.76 bits per heavy atom. The number of fused-ring (bicyclic) bond motifs is 1. The van der Waals surface area contributed by atoms with E-state index in [2.05, 4.69) is 6.07 Å². The first-order valence-corrected chi connectivity index (χ1v) is 8.38. The first kappa shape index (κ1) is 14.2. The van der Waals surface area contributed by atoms with Crippen LogP contribution in [0.25, 0.3) is 0 Å². The minimum absolute atomic E-state index is 0.0837. The Kier molecular flexibility index (Phi) is 3.11. The lowest BCUT2D eigenvalue weighted by molar-refractivity contribution is 0.162. The van der Waals surface area contributed by atoms with E-state index in [4.69, 9.17) is 14.2 Å². The fraction of sp³-hybridized carbons (Fsp3) is 0.500. The number of hydrogen-bond acceptors (Lipinski definition) is 6. The van der Waals surface area contributed by atoms with Crippen LogP contribution in [0.4, 0.5) is 0 Å². The molecule has 6 nitrogen and oxygen atoms in total. The fourth-order valence-corrected chi connectivity index (χ4v) is 5.04. The summed E-state index contributed by atoms with van der Waals surface area (Å²) in [6.07, 6.45) is 1.16. The van der Waals surface area contributed by atoms with Crippen molar-refractivity contribution >= 4 is 9.84 Å². The third-order valence-corrected chi connectivity index (χ3v) is 5.68. The first-order chi connectivity index (χ1) is 9.94. The molecule has 0 N–H and O–H groups in total. The van der Waals surface area contributed by atoms with Crippen LogP contribution in [0, 0.1) is 16.7 Å². The molecule has 3 rings (SSSR count). The minimum Gasteiger partial charge on any atom is -0.454 e. The largest absolute Gasteiger partial charge is 0.454 e. The van der Waals surface area contributed by atoms with Crippen LogP contribution < -0.4 is 9.47 Å². The van der Waals surface area contributed by atoms with Crippen LogP contribution in [-0.2, 0) is 14.6 Å². The number of sulfone groups is 1. The van der Waals surface area contributed by atoms with E-state index in [0.29, 0.717) is 11.5 Å². The van der Waals surface area contributed by atoms with Crippen LogP contribution in [0.3, 0.4) is 0 Å². The number of rotatable bonds is 4. The van der Waals surface area contributed by atoms with Crippen molar-refractivity contribution in [2.24, 2.45) is 5.41 Å². The number of benzene rings is 1. The molecule has 1 aliphatic heterocycles. The summed E-state index contributed by atoms with van der Waals surface area (Å²) in [6.45, 7) is 0.237. The summed E-state index contributed by atoms with van der Waals surface area (Å²) in [6, 6.07) is 7.42. The van der Waals surface area contributed by atoms with Crippen LogP contribution in [0.15, 0.2) is 18.2 Å². The number of nitrogens with zero attached hydrogens (tertiary/aromatic N) is 1. The van der Waals surface area contributed by atoms with Crippen molar-refractivity contribution in [2.75, 3.05) is 26.8 Å². The molecule has 21 heavy (non-hydrogen) atoms. The van der Waals surface area contributed by atoms with Gasteiger partial charge in [-0.1, -0.05) is 6.07 Å². The molecule has 0 aromatic heterocycles. The molecule has 3 atom stereocenters. The molecule has 0 radical (unpaired) electrons. The smallest absolute Gasteiger partial charge is 0.231 e. The third kappa shape index (κ3) is 2.06. The average Bonchev–Trinajstić information content (AvgIpc) is 2.88. The van der Waals surface area contributed by atoms with E-state index in [1.165, 1.54) is 7.11 Å². The third-order valence-electron chi connectivity index (χ3n) is 4.06. The van der Waals surface area contributed by atoms with Gasteiger partial charge in [-0.15, -0.1) is 0 Å². The zero-order valence-electron chi connectivity index (χ0n) is 11.7. The van der Waals surface area contributed by atoms with Gasteiger partial charge in [0.25, 0.3) is 0 Å². The lowest BCUT2D eigenvalue weighted by Gasteiger charge is -2.07. The highest BCUT2D eigenvalue weighted by molar-refractivity contribution is 7.91. The standard InChI is InChI=1S/C14H15NO5S/c1-18-7-14(6-15)12(13(14)21(2,16)17)9-3-4-10-11(5-9)20-8-19-10/h3-5,12-13H,7-8H2,1-2H3/t12-,13+,14+/m1/s1. The zero-order valence-corrected chi connectivity index (χ0v) is 12.5. The Labute approximate surface area is 123 Å². The molecule has 1 saturated carbocycles. The van der Waals surface area contributed by atoms with Gasteiger partial charge in [-0.2, -0.15) is 5.26 Å². The van der Waals surface area contributed by atoms with Gasteiger partial charge in [0.15, 0.2) is 21.3 Å². The predicted octanol–water partition coefficient (Wildman–Crippen LogP) is 1.08. The fourth-order valence-electron chi connectivity index (χ4n) is 3.19. The van der Waals surface area contributed by atoms with Gasteiger partial charge in [0.05, 0.1) is 17.9 Å². The average molecular weight is 309 g/mol. The normalized spacial score (nSPS) is 30.0. The van der Waals surface area contributed by atoms with Gasteiger partial charge in [-0.05, 0) is 17.7 Å². The van der Waals surface area contributed by atoms with Gasteiger partial charge in [-0.25, -0.2) is 8.42 Å². The highest BCUT2D eigenvalue weighted by Gasteiger charge is 2.71. The van der Waals surface area contributed by atoms with Gasteiger partial charge in [0.1, 0.15) is 5.41 Å². The zero-order chi connectivity index (χ0) is 15.3. The maximum atomic E-state index is 12.0. The van der Waals surface area contributed by atoms with E-state index in [1.54, 1.807) is 18.2 Å². The SMILES string of the molecule is COC[C@@]1(C#N)[C@H](c2ccc3c(c2)OCO3)[C@@H]1S(C)(=O)=O. The predicted molar refractivity (Wildman–Crippen MR) is 73.9 cm³/mol. The molecule has 2 aliphatic rings. The molecule has 1 heterocycles. The van der Waals surface area contributed by atoms with Gasteiger partial charge < -0.3 is 14.2 Å². The van der Waals surface area contributed by atoms with Crippen molar-refractivity contribution in [1.29, 1.82) is 5.26 Å². The Bertz CT molecular complexity index is 723. The molecule has 7 heteroatoms. The van der Waals surface area contributed by atoms with Crippen LogP contribution in [0.1, 0.15) is 11.5 Å². The van der Waals surface area contributed by atoms with Crippen molar-refractivity contribution in [3.63, 3.8) is 0 Å². The quantitative estimate of drug-likeness (QED) is 0.827. The molecule has 112 valence electrons. The van der Waals surface area contributed by atoms with Crippen LogP contribution in [0.5, 0.6) is 11.5 Å².